The van der Waals surface area contributed by atoms with Gasteiger partial charge in [0.05, 0.1) is 11.4 Å². The summed E-state index contributed by atoms with van der Waals surface area (Å²) in [5.74, 6) is 0. The third-order valence-corrected chi connectivity index (χ3v) is 5.25. The van der Waals surface area contributed by atoms with E-state index < -0.39 is 0 Å². The van der Waals surface area contributed by atoms with Crippen LogP contribution >= 0.6 is 0 Å². The minimum atomic E-state index is -0.0680. The number of para-hydroxylation sites is 2. The van der Waals surface area contributed by atoms with Crippen LogP contribution in [0.4, 0.5) is 16.2 Å². The molecule has 1 heterocycles. The van der Waals surface area contributed by atoms with Crippen LogP contribution in [-0.4, -0.2) is 49.7 Å². The Hall–Kier alpha value is -1.75. The van der Waals surface area contributed by atoms with Gasteiger partial charge in [-0.1, -0.05) is 38.3 Å². The van der Waals surface area contributed by atoms with Gasteiger partial charge in [0.15, 0.2) is 0 Å². The highest BCUT2D eigenvalue weighted by atomic mass is 16.2. The molecule has 0 bridgehead atoms. The van der Waals surface area contributed by atoms with E-state index in [1.54, 1.807) is 0 Å². The summed E-state index contributed by atoms with van der Waals surface area (Å²) in [4.78, 5) is 17.2. The van der Waals surface area contributed by atoms with E-state index in [2.05, 4.69) is 33.4 Å². The number of carbonyl (C=O) groups is 1. The van der Waals surface area contributed by atoms with Gasteiger partial charge in [-0.25, -0.2) is 4.79 Å². The molecule has 0 radical (unpaired) electrons. The van der Waals surface area contributed by atoms with Crippen LogP contribution in [0.15, 0.2) is 24.3 Å². The Kier molecular flexibility index (Phi) is 5.96. The number of urea groups is 1. The second-order valence-corrected chi connectivity index (χ2v) is 6.87. The van der Waals surface area contributed by atoms with Gasteiger partial charge < -0.3 is 20.4 Å². The van der Waals surface area contributed by atoms with E-state index in [9.17, 15) is 4.79 Å². The summed E-state index contributed by atoms with van der Waals surface area (Å²) in [6.45, 7) is 7.50. The lowest BCUT2D eigenvalue weighted by Gasteiger charge is -2.36. The molecule has 0 spiro atoms. The Morgan fingerprint density at radius 1 is 1.08 bits per heavy atom. The molecule has 1 aromatic carbocycles. The van der Waals surface area contributed by atoms with E-state index in [0.717, 1.165) is 56.9 Å². The third kappa shape index (κ3) is 4.41. The lowest BCUT2D eigenvalue weighted by molar-refractivity contribution is 0.244. The number of anilines is 2. The zero-order valence-corrected chi connectivity index (χ0v) is 14.8. The van der Waals surface area contributed by atoms with Crippen molar-refractivity contribution in [2.45, 2.75) is 45.1 Å². The van der Waals surface area contributed by atoms with Gasteiger partial charge >= 0.3 is 6.03 Å². The molecule has 0 aromatic heterocycles. The third-order valence-electron chi connectivity index (χ3n) is 5.25. The molecule has 2 aliphatic rings. The Morgan fingerprint density at radius 3 is 2.50 bits per heavy atom. The topological polar surface area (TPSA) is 47.6 Å². The average Bonchev–Trinajstić information content (AvgIpc) is 2.63. The van der Waals surface area contributed by atoms with Crippen LogP contribution in [0.25, 0.3) is 0 Å². The SMILES string of the molecule is CCN1CCN(c2ccccc2NC(=O)NC2CCCCC2)CC1. The predicted molar refractivity (Wildman–Crippen MR) is 99.8 cm³/mol. The zero-order valence-electron chi connectivity index (χ0n) is 14.8. The lowest BCUT2D eigenvalue weighted by Crippen LogP contribution is -2.46. The molecule has 0 atom stereocenters. The quantitative estimate of drug-likeness (QED) is 0.891. The standard InChI is InChI=1S/C19H30N4O/c1-2-22-12-14-23(15-13-22)18-11-7-6-10-17(18)21-19(24)20-16-8-4-3-5-9-16/h6-7,10-11,16H,2-5,8-9,12-15H2,1H3,(H2,20,21,24). The fourth-order valence-electron chi connectivity index (χ4n) is 3.75. The second kappa shape index (κ2) is 8.38. The molecule has 1 aliphatic heterocycles. The number of benzene rings is 1. The zero-order chi connectivity index (χ0) is 16.8. The number of nitrogens with one attached hydrogen (secondary N) is 2. The maximum absolute atomic E-state index is 12.4. The number of nitrogens with zero attached hydrogens (tertiary/aromatic N) is 2. The molecule has 1 saturated heterocycles. The van der Waals surface area contributed by atoms with Crippen molar-refractivity contribution in [3.8, 4) is 0 Å². The first-order valence-electron chi connectivity index (χ1n) is 9.40. The molecular weight excluding hydrogens is 300 g/mol. The van der Waals surface area contributed by atoms with Gasteiger partial charge in [-0.3, -0.25) is 0 Å². The number of piperazine rings is 1. The minimum Gasteiger partial charge on any atom is -0.367 e. The first-order valence-corrected chi connectivity index (χ1v) is 9.40. The Bertz CT molecular complexity index is 534. The lowest BCUT2D eigenvalue weighted by atomic mass is 9.96. The van der Waals surface area contributed by atoms with E-state index in [-0.39, 0.29) is 6.03 Å². The number of hydrogen-bond donors (Lipinski definition) is 2. The Labute approximate surface area is 145 Å². The molecule has 24 heavy (non-hydrogen) atoms. The van der Waals surface area contributed by atoms with Crippen LogP contribution < -0.4 is 15.5 Å². The number of likely N-dealkylation sites (N-methyl/N-ethyl adjacent to an activating group) is 1. The molecule has 2 N–H and O–H groups in total. The van der Waals surface area contributed by atoms with Gasteiger partial charge in [0.2, 0.25) is 0 Å². The fourth-order valence-corrected chi connectivity index (χ4v) is 3.75. The first kappa shape index (κ1) is 17.1. The van der Waals surface area contributed by atoms with Crippen LogP contribution in [0.5, 0.6) is 0 Å². The van der Waals surface area contributed by atoms with Crippen LogP contribution in [0.1, 0.15) is 39.0 Å². The van der Waals surface area contributed by atoms with E-state index in [1.807, 2.05) is 18.2 Å². The molecular formula is C19H30N4O. The summed E-state index contributed by atoms with van der Waals surface area (Å²) < 4.78 is 0. The summed E-state index contributed by atoms with van der Waals surface area (Å²) in [5.41, 5.74) is 2.04. The van der Waals surface area contributed by atoms with Gasteiger partial charge in [0.1, 0.15) is 0 Å². The van der Waals surface area contributed by atoms with E-state index >= 15 is 0 Å². The van der Waals surface area contributed by atoms with Gasteiger partial charge in [-0.15, -0.1) is 0 Å². The normalized spacial score (nSPS) is 20.0. The number of amides is 2. The molecule has 5 nitrogen and oxygen atoms in total. The molecule has 1 saturated carbocycles. The number of carbonyl (C=O) groups excluding carboxylic acids is 1. The predicted octanol–water partition coefficient (Wildman–Crippen LogP) is 3.28. The van der Waals surface area contributed by atoms with Crippen molar-refractivity contribution >= 4 is 17.4 Å². The van der Waals surface area contributed by atoms with Crippen molar-refractivity contribution < 1.29 is 4.79 Å². The van der Waals surface area contributed by atoms with Crippen molar-refractivity contribution in [2.75, 3.05) is 42.9 Å². The van der Waals surface area contributed by atoms with Crippen LogP contribution in [0.3, 0.4) is 0 Å². The molecule has 0 unspecified atom stereocenters. The largest absolute Gasteiger partial charge is 0.367 e. The highest BCUT2D eigenvalue weighted by Gasteiger charge is 2.20. The van der Waals surface area contributed by atoms with Gasteiger partial charge in [-0.05, 0) is 31.5 Å². The van der Waals surface area contributed by atoms with Crippen molar-refractivity contribution in [2.24, 2.45) is 0 Å². The molecule has 1 aromatic rings. The van der Waals surface area contributed by atoms with Gasteiger partial charge in [0, 0.05) is 32.2 Å². The maximum atomic E-state index is 12.4. The summed E-state index contributed by atoms with van der Waals surface area (Å²) >= 11 is 0. The highest BCUT2D eigenvalue weighted by Crippen LogP contribution is 2.26. The van der Waals surface area contributed by atoms with Crippen LogP contribution in [-0.2, 0) is 0 Å². The minimum absolute atomic E-state index is 0.0680. The summed E-state index contributed by atoms with van der Waals surface area (Å²) in [5, 5.41) is 6.21. The number of hydrogen-bond acceptors (Lipinski definition) is 3. The van der Waals surface area contributed by atoms with Crippen molar-refractivity contribution in [1.29, 1.82) is 0 Å². The highest BCUT2D eigenvalue weighted by molar-refractivity contribution is 5.93. The monoisotopic (exact) mass is 330 g/mol. The Morgan fingerprint density at radius 2 is 1.79 bits per heavy atom. The Balaban J connectivity index is 1.60. The average molecular weight is 330 g/mol. The maximum Gasteiger partial charge on any atom is 0.319 e. The van der Waals surface area contributed by atoms with Crippen molar-refractivity contribution in [3.05, 3.63) is 24.3 Å². The van der Waals surface area contributed by atoms with Crippen LogP contribution in [0, 0.1) is 0 Å². The molecule has 2 amide bonds. The van der Waals surface area contributed by atoms with Crippen molar-refractivity contribution in [1.82, 2.24) is 10.2 Å². The van der Waals surface area contributed by atoms with E-state index in [1.165, 1.54) is 19.3 Å². The van der Waals surface area contributed by atoms with E-state index in [0.29, 0.717) is 6.04 Å². The second-order valence-electron chi connectivity index (χ2n) is 6.87. The number of rotatable bonds is 4. The van der Waals surface area contributed by atoms with E-state index in [4.69, 9.17) is 0 Å². The summed E-state index contributed by atoms with van der Waals surface area (Å²) in [6, 6.07) is 8.41. The first-order chi connectivity index (χ1) is 11.8. The van der Waals surface area contributed by atoms with Gasteiger partial charge in [-0.2, -0.15) is 0 Å². The summed E-state index contributed by atoms with van der Waals surface area (Å²) in [7, 11) is 0. The fraction of sp³-hybridized carbons (Fsp3) is 0.632. The molecule has 1 aliphatic carbocycles. The van der Waals surface area contributed by atoms with Crippen LogP contribution in [0.2, 0.25) is 0 Å². The molecule has 5 heteroatoms. The molecule has 2 fully saturated rings. The van der Waals surface area contributed by atoms with Gasteiger partial charge in [0.25, 0.3) is 0 Å². The molecule has 132 valence electrons. The van der Waals surface area contributed by atoms with Crippen molar-refractivity contribution in [3.63, 3.8) is 0 Å². The molecule has 3 rings (SSSR count). The smallest absolute Gasteiger partial charge is 0.319 e. The summed E-state index contributed by atoms with van der Waals surface area (Å²) in [6.07, 6.45) is 5.96.